The van der Waals surface area contributed by atoms with Crippen molar-refractivity contribution >= 4 is 5.91 Å². The Hall–Kier alpha value is -2.08. The van der Waals surface area contributed by atoms with Crippen molar-refractivity contribution in [3.8, 4) is 0 Å². The van der Waals surface area contributed by atoms with E-state index in [1.165, 1.54) is 0 Å². The van der Waals surface area contributed by atoms with Crippen molar-refractivity contribution in [2.45, 2.75) is 25.5 Å². The van der Waals surface area contributed by atoms with Gasteiger partial charge in [-0.15, -0.1) is 0 Å². The van der Waals surface area contributed by atoms with E-state index in [1.807, 2.05) is 35.7 Å². The third-order valence-corrected chi connectivity index (χ3v) is 4.17. The standard InChI is InChI=1S/C15H20N4O2/c1-10-4-7-18(2)13(10)15(20)19-9-11(21-3)8-12(19)14-16-5-6-17-14/h4-7,11-12H,8-9H2,1-3H3,(H,16,17)/t11-,12?/m1/s1. The summed E-state index contributed by atoms with van der Waals surface area (Å²) >= 11 is 0. The number of carbonyl (C=O) groups excluding carboxylic acids is 1. The zero-order chi connectivity index (χ0) is 15.0. The summed E-state index contributed by atoms with van der Waals surface area (Å²) in [5.74, 6) is 0.843. The van der Waals surface area contributed by atoms with Gasteiger partial charge in [-0.1, -0.05) is 0 Å². The second kappa shape index (κ2) is 5.37. The van der Waals surface area contributed by atoms with Gasteiger partial charge in [0.05, 0.1) is 12.1 Å². The van der Waals surface area contributed by atoms with Crippen LogP contribution in [-0.2, 0) is 11.8 Å². The Labute approximate surface area is 123 Å². The molecule has 3 rings (SSSR count). The smallest absolute Gasteiger partial charge is 0.271 e. The molecule has 0 bridgehead atoms. The Morgan fingerprint density at radius 2 is 2.33 bits per heavy atom. The summed E-state index contributed by atoms with van der Waals surface area (Å²) in [6, 6.07) is 1.89. The van der Waals surface area contributed by atoms with E-state index in [0.29, 0.717) is 6.54 Å². The Bertz CT molecular complexity index is 613. The molecular weight excluding hydrogens is 268 g/mol. The molecule has 1 fully saturated rings. The highest BCUT2D eigenvalue weighted by Crippen LogP contribution is 2.33. The van der Waals surface area contributed by atoms with Crippen LogP contribution in [0, 0.1) is 6.92 Å². The molecule has 0 aliphatic carbocycles. The molecule has 0 radical (unpaired) electrons. The molecular formula is C15H20N4O2. The molecule has 1 N–H and O–H groups in total. The average molecular weight is 288 g/mol. The highest BCUT2D eigenvalue weighted by atomic mass is 16.5. The van der Waals surface area contributed by atoms with E-state index in [2.05, 4.69) is 9.97 Å². The number of hydrogen-bond acceptors (Lipinski definition) is 3. The second-order valence-electron chi connectivity index (χ2n) is 5.50. The van der Waals surface area contributed by atoms with Crippen LogP contribution >= 0.6 is 0 Å². The Morgan fingerprint density at radius 3 is 2.90 bits per heavy atom. The molecule has 0 aromatic carbocycles. The molecule has 6 nitrogen and oxygen atoms in total. The minimum Gasteiger partial charge on any atom is -0.380 e. The maximum atomic E-state index is 12.9. The third-order valence-electron chi connectivity index (χ3n) is 4.17. The summed E-state index contributed by atoms with van der Waals surface area (Å²) in [6.45, 7) is 2.55. The Morgan fingerprint density at radius 1 is 1.52 bits per heavy atom. The zero-order valence-corrected chi connectivity index (χ0v) is 12.5. The number of methoxy groups -OCH3 is 1. The maximum Gasteiger partial charge on any atom is 0.271 e. The molecule has 0 saturated carbocycles. The number of nitrogens with one attached hydrogen (secondary N) is 1. The molecule has 1 aliphatic heterocycles. The molecule has 112 valence electrons. The Balaban J connectivity index is 1.93. The van der Waals surface area contributed by atoms with Crippen LogP contribution in [0.5, 0.6) is 0 Å². The van der Waals surface area contributed by atoms with Gasteiger partial charge in [0.25, 0.3) is 5.91 Å². The lowest BCUT2D eigenvalue weighted by atomic mass is 10.1. The molecule has 21 heavy (non-hydrogen) atoms. The van der Waals surface area contributed by atoms with Gasteiger partial charge < -0.3 is 19.2 Å². The molecule has 2 aromatic heterocycles. The number of ether oxygens (including phenoxy) is 1. The van der Waals surface area contributed by atoms with Crippen LogP contribution in [-0.4, -0.2) is 45.1 Å². The number of amides is 1. The van der Waals surface area contributed by atoms with E-state index in [0.717, 1.165) is 23.5 Å². The van der Waals surface area contributed by atoms with Gasteiger partial charge in [-0.05, 0) is 18.6 Å². The van der Waals surface area contributed by atoms with E-state index >= 15 is 0 Å². The number of rotatable bonds is 3. The quantitative estimate of drug-likeness (QED) is 0.934. The van der Waals surface area contributed by atoms with E-state index in [-0.39, 0.29) is 18.1 Å². The normalized spacial score (nSPS) is 22.0. The van der Waals surface area contributed by atoms with Gasteiger partial charge in [-0.2, -0.15) is 0 Å². The van der Waals surface area contributed by atoms with Crippen LogP contribution in [0.15, 0.2) is 24.7 Å². The first kappa shape index (κ1) is 13.9. The predicted octanol–water partition coefficient (Wildman–Crippen LogP) is 1.66. The largest absolute Gasteiger partial charge is 0.380 e. The van der Waals surface area contributed by atoms with Gasteiger partial charge in [0.1, 0.15) is 11.5 Å². The van der Waals surface area contributed by atoms with Crippen LogP contribution in [0.2, 0.25) is 0 Å². The van der Waals surface area contributed by atoms with Crippen molar-refractivity contribution in [3.63, 3.8) is 0 Å². The minimum atomic E-state index is -0.0632. The molecule has 1 saturated heterocycles. The first-order chi connectivity index (χ1) is 10.1. The van der Waals surface area contributed by atoms with E-state index < -0.39 is 0 Å². The summed E-state index contributed by atoms with van der Waals surface area (Å²) in [5.41, 5.74) is 1.71. The highest BCUT2D eigenvalue weighted by molar-refractivity contribution is 5.94. The van der Waals surface area contributed by atoms with Gasteiger partial charge in [0.2, 0.25) is 0 Å². The zero-order valence-electron chi connectivity index (χ0n) is 12.5. The molecule has 1 unspecified atom stereocenters. The lowest BCUT2D eigenvalue weighted by Gasteiger charge is -2.23. The summed E-state index contributed by atoms with van der Waals surface area (Å²) in [6.07, 6.45) is 6.22. The fourth-order valence-electron chi connectivity index (χ4n) is 3.02. The van der Waals surface area contributed by atoms with Gasteiger partial charge in [-0.25, -0.2) is 4.98 Å². The van der Waals surface area contributed by atoms with Gasteiger partial charge >= 0.3 is 0 Å². The molecule has 1 aliphatic rings. The Kier molecular flexibility index (Phi) is 3.55. The lowest BCUT2D eigenvalue weighted by molar-refractivity contribution is 0.0674. The van der Waals surface area contributed by atoms with Gasteiger partial charge in [0, 0.05) is 45.7 Å². The van der Waals surface area contributed by atoms with Crippen LogP contribution in [0.1, 0.15) is 34.3 Å². The predicted molar refractivity (Wildman–Crippen MR) is 77.9 cm³/mol. The minimum absolute atomic E-state index is 0.0287. The monoisotopic (exact) mass is 288 g/mol. The summed E-state index contributed by atoms with van der Waals surface area (Å²) < 4.78 is 7.33. The number of aromatic nitrogens is 3. The first-order valence-electron chi connectivity index (χ1n) is 7.06. The molecule has 3 heterocycles. The number of aryl methyl sites for hydroxylation is 2. The number of imidazole rings is 1. The van der Waals surface area contributed by atoms with Crippen molar-refractivity contribution in [1.29, 1.82) is 0 Å². The molecule has 2 atom stereocenters. The summed E-state index contributed by atoms with van der Waals surface area (Å²) in [5, 5.41) is 0. The van der Waals surface area contributed by atoms with E-state index in [9.17, 15) is 4.79 Å². The molecule has 6 heteroatoms. The SMILES string of the molecule is CO[C@@H]1CC(c2ncc[nH]2)N(C(=O)c2c(C)ccn2C)C1. The van der Waals surface area contributed by atoms with Crippen molar-refractivity contribution in [2.24, 2.45) is 7.05 Å². The van der Waals surface area contributed by atoms with Crippen molar-refractivity contribution in [3.05, 3.63) is 41.7 Å². The fraction of sp³-hybridized carbons (Fsp3) is 0.467. The maximum absolute atomic E-state index is 12.9. The van der Waals surface area contributed by atoms with Gasteiger partial charge in [-0.3, -0.25) is 4.79 Å². The van der Waals surface area contributed by atoms with Crippen LogP contribution in [0.3, 0.4) is 0 Å². The second-order valence-corrected chi connectivity index (χ2v) is 5.50. The molecule has 2 aromatic rings. The number of carbonyl (C=O) groups is 1. The van der Waals surface area contributed by atoms with E-state index in [1.54, 1.807) is 19.5 Å². The van der Waals surface area contributed by atoms with Crippen molar-refractivity contribution in [2.75, 3.05) is 13.7 Å². The summed E-state index contributed by atoms with van der Waals surface area (Å²) in [7, 11) is 3.58. The highest BCUT2D eigenvalue weighted by Gasteiger charge is 2.39. The van der Waals surface area contributed by atoms with Crippen LogP contribution < -0.4 is 0 Å². The topological polar surface area (TPSA) is 63.1 Å². The number of likely N-dealkylation sites (tertiary alicyclic amines) is 1. The van der Waals surface area contributed by atoms with Crippen LogP contribution in [0.4, 0.5) is 0 Å². The third kappa shape index (κ3) is 2.35. The van der Waals surface area contributed by atoms with E-state index in [4.69, 9.17) is 4.74 Å². The molecule has 1 amide bonds. The van der Waals surface area contributed by atoms with Crippen LogP contribution in [0.25, 0.3) is 0 Å². The number of aromatic amines is 1. The van der Waals surface area contributed by atoms with Crippen molar-refractivity contribution in [1.82, 2.24) is 19.4 Å². The lowest BCUT2D eigenvalue weighted by Crippen LogP contribution is -2.34. The first-order valence-corrected chi connectivity index (χ1v) is 7.06. The fourth-order valence-corrected chi connectivity index (χ4v) is 3.02. The number of H-pyrrole nitrogens is 1. The average Bonchev–Trinajstić information content (AvgIpc) is 3.17. The number of nitrogens with zero attached hydrogens (tertiary/aromatic N) is 3. The summed E-state index contributed by atoms with van der Waals surface area (Å²) in [4.78, 5) is 22.2. The number of hydrogen-bond donors (Lipinski definition) is 1. The van der Waals surface area contributed by atoms with Crippen molar-refractivity contribution < 1.29 is 9.53 Å². The van der Waals surface area contributed by atoms with Gasteiger partial charge in [0.15, 0.2) is 0 Å². The molecule has 0 spiro atoms.